The fraction of sp³-hybridized carbons (Fsp3) is 1.00. The first-order valence-electron chi connectivity index (χ1n) is 0. The van der Waals surface area contributed by atoms with Crippen LogP contribution in [0.2, 0.25) is 0 Å². The Balaban J connectivity index is 0. The molecule has 3 N–H and O–H groups in total. The van der Waals surface area contributed by atoms with Gasteiger partial charge < -0.3 is 16.4 Å². The van der Waals surface area contributed by atoms with Crippen molar-refractivity contribution in [2.45, 2.75) is 7.43 Å². The van der Waals surface area contributed by atoms with Crippen molar-refractivity contribution in [3.05, 3.63) is 0 Å². The Labute approximate surface area is 45.0 Å². The molecule has 0 aromatic rings. The Hall–Kier alpha value is 0.542. The fourth-order valence-electron chi connectivity index (χ4n) is 0. The SMILES string of the molecule is C.[OH-].[OH-].[OH-].[Re]. The van der Waals surface area contributed by atoms with E-state index >= 15 is 0 Å². The van der Waals surface area contributed by atoms with Gasteiger partial charge in [0, 0.05) is 20.4 Å². The zero-order chi connectivity index (χ0) is 0. The van der Waals surface area contributed by atoms with Gasteiger partial charge in [0.1, 0.15) is 0 Å². The summed E-state index contributed by atoms with van der Waals surface area (Å²) in [5.41, 5.74) is 0. The maximum atomic E-state index is 0. The first-order valence-corrected chi connectivity index (χ1v) is 0. The van der Waals surface area contributed by atoms with Crippen molar-refractivity contribution in [2.75, 3.05) is 0 Å². The van der Waals surface area contributed by atoms with E-state index in [1.54, 1.807) is 0 Å². The summed E-state index contributed by atoms with van der Waals surface area (Å²) in [6.45, 7) is 0. The molecular weight excluding hydrogens is 246 g/mol. The molecule has 0 spiro atoms. The second kappa shape index (κ2) is 194. The van der Waals surface area contributed by atoms with Gasteiger partial charge in [-0.1, -0.05) is 7.43 Å². The fourth-order valence-corrected chi connectivity index (χ4v) is 0. The predicted molar refractivity (Wildman–Crippen MR) is 12.5 cm³/mol. The van der Waals surface area contributed by atoms with Crippen LogP contribution < -0.4 is 0 Å². The molecule has 0 aliphatic heterocycles. The molecule has 5 heavy (non-hydrogen) atoms. The summed E-state index contributed by atoms with van der Waals surface area (Å²) >= 11 is 0. The predicted octanol–water partition coefficient (Wildman–Crippen LogP) is 0.103. The van der Waals surface area contributed by atoms with Crippen LogP contribution in [0.3, 0.4) is 0 Å². The molecule has 0 unspecified atom stereocenters. The van der Waals surface area contributed by atoms with Crippen molar-refractivity contribution in [3.8, 4) is 0 Å². The molecule has 0 saturated heterocycles. The minimum atomic E-state index is 0. The minimum absolute atomic E-state index is 0. The summed E-state index contributed by atoms with van der Waals surface area (Å²) < 4.78 is 0. The van der Waals surface area contributed by atoms with E-state index in [0.717, 1.165) is 0 Å². The van der Waals surface area contributed by atoms with E-state index in [1.165, 1.54) is 0 Å². The van der Waals surface area contributed by atoms with Gasteiger partial charge in [-0.25, -0.2) is 0 Å². The average Bonchev–Trinajstić information content (AvgIpc) is 0. The topological polar surface area (TPSA) is 90.0 Å². The monoisotopic (exact) mass is 254 g/mol. The zero-order valence-electron chi connectivity index (χ0n) is 1.72. The molecule has 0 aliphatic carbocycles. The van der Waals surface area contributed by atoms with Gasteiger partial charge in [0.15, 0.2) is 0 Å². The first-order chi connectivity index (χ1) is 0. The van der Waals surface area contributed by atoms with Gasteiger partial charge in [0.2, 0.25) is 0 Å². The second-order valence-electron chi connectivity index (χ2n) is 0. The van der Waals surface area contributed by atoms with Crippen LogP contribution in [-0.2, 0) is 20.4 Å². The largest absolute Gasteiger partial charge is 0.870 e. The van der Waals surface area contributed by atoms with E-state index in [0.29, 0.717) is 0 Å². The van der Waals surface area contributed by atoms with Gasteiger partial charge in [-0.05, 0) is 0 Å². The van der Waals surface area contributed by atoms with Crippen molar-refractivity contribution < 1.29 is 36.9 Å². The Morgan fingerprint density at radius 3 is 0.600 bits per heavy atom. The molecule has 0 rings (SSSR count). The van der Waals surface area contributed by atoms with Gasteiger partial charge >= 0.3 is 0 Å². The molecule has 0 saturated carbocycles. The van der Waals surface area contributed by atoms with E-state index in [2.05, 4.69) is 0 Å². The summed E-state index contributed by atoms with van der Waals surface area (Å²) in [5, 5.41) is 0. The molecule has 0 heterocycles. The van der Waals surface area contributed by atoms with Crippen molar-refractivity contribution in [3.63, 3.8) is 0 Å². The molecule has 0 atom stereocenters. The summed E-state index contributed by atoms with van der Waals surface area (Å²) in [4.78, 5) is 0. The molecule has 4 heteroatoms. The normalized spacial score (nSPS) is 0. The van der Waals surface area contributed by atoms with Crippen LogP contribution in [0.15, 0.2) is 0 Å². The van der Waals surface area contributed by atoms with E-state index in [1.807, 2.05) is 0 Å². The first kappa shape index (κ1) is 389. The number of hydrogen-bond donors (Lipinski definition) is 0. The maximum absolute atomic E-state index is 0. The van der Waals surface area contributed by atoms with Gasteiger partial charge in [-0.2, -0.15) is 0 Å². The summed E-state index contributed by atoms with van der Waals surface area (Å²) in [6, 6.07) is 0. The summed E-state index contributed by atoms with van der Waals surface area (Å²) in [5.74, 6) is 0. The Kier molecular flexibility index (Phi) is 15100. The smallest absolute Gasteiger partial charge is 0 e. The Morgan fingerprint density at radius 1 is 0.600 bits per heavy atom. The van der Waals surface area contributed by atoms with Crippen LogP contribution >= 0.6 is 0 Å². The molecule has 0 aromatic carbocycles. The quantitative estimate of drug-likeness (QED) is 0.613. The standard InChI is InChI=1S/CH4.3H2O.Re/h1H4;3*1H2;/p-3. The van der Waals surface area contributed by atoms with Gasteiger partial charge in [0.05, 0.1) is 0 Å². The van der Waals surface area contributed by atoms with Crippen LogP contribution in [0, 0.1) is 0 Å². The van der Waals surface area contributed by atoms with E-state index in [-0.39, 0.29) is 44.3 Å². The Bertz CT molecular complexity index is 6.85. The molecule has 0 aromatic heterocycles. The molecule has 0 aliphatic rings. The zero-order valence-corrected chi connectivity index (χ0v) is 4.44. The van der Waals surface area contributed by atoms with Gasteiger partial charge in [0.25, 0.3) is 0 Å². The van der Waals surface area contributed by atoms with E-state index in [9.17, 15) is 0 Å². The van der Waals surface area contributed by atoms with Crippen LogP contribution in [0.25, 0.3) is 0 Å². The number of hydrogen-bond acceptors (Lipinski definition) is 3. The Morgan fingerprint density at radius 2 is 0.600 bits per heavy atom. The van der Waals surface area contributed by atoms with E-state index < -0.39 is 0 Å². The second-order valence-corrected chi connectivity index (χ2v) is 0. The molecule has 0 fully saturated rings. The third kappa shape index (κ3) is 99.8. The molecule has 3 nitrogen and oxygen atoms in total. The third-order valence-electron chi connectivity index (χ3n) is 0. The van der Waals surface area contributed by atoms with Crippen molar-refractivity contribution in [1.29, 1.82) is 0 Å². The van der Waals surface area contributed by atoms with E-state index in [4.69, 9.17) is 0 Å². The molecule has 1 radical (unpaired) electrons. The molecule has 39 valence electrons. The summed E-state index contributed by atoms with van der Waals surface area (Å²) in [7, 11) is 0. The molecule has 0 amide bonds. The molecular formula is CH7O3Re-3. The van der Waals surface area contributed by atoms with Crippen LogP contribution in [0.4, 0.5) is 0 Å². The van der Waals surface area contributed by atoms with Crippen molar-refractivity contribution in [2.24, 2.45) is 0 Å². The number of rotatable bonds is 0. The van der Waals surface area contributed by atoms with Gasteiger partial charge in [-0.15, -0.1) is 0 Å². The van der Waals surface area contributed by atoms with Crippen molar-refractivity contribution in [1.82, 2.24) is 0 Å². The third-order valence-corrected chi connectivity index (χ3v) is 0. The van der Waals surface area contributed by atoms with Gasteiger partial charge in [-0.3, -0.25) is 0 Å². The minimum Gasteiger partial charge on any atom is -0.870 e. The summed E-state index contributed by atoms with van der Waals surface area (Å²) in [6.07, 6.45) is 0. The average molecular weight is 253 g/mol. The van der Waals surface area contributed by atoms with Crippen LogP contribution in [0.5, 0.6) is 0 Å². The molecule has 0 bridgehead atoms. The van der Waals surface area contributed by atoms with Crippen LogP contribution in [-0.4, -0.2) is 16.4 Å². The maximum Gasteiger partial charge on any atom is 0 e. The van der Waals surface area contributed by atoms with Crippen LogP contribution in [0.1, 0.15) is 7.43 Å². The van der Waals surface area contributed by atoms with Crippen molar-refractivity contribution >= 4 is 0 Å².